The third kappa shape index (κ3) is 4.06. The van der Waals surface area contributed by atoms with Gasteiger partial charge in [-0.1, -0.05) is 30.3 Å². The van der Waals surface area contributed by atoms with Crippen LogP contribution >= 0.6 is 0 Å². The lowest BCUT2D eigenvalue weighted by molar-refractivity contribution is -0.126. The molecule has 2 heterocycles. The minimum absolute atomic E-state index is 0.0123. The van der Waals surface area contributed by atoms with Gasteiger partial charge in [-0.15, -0.1) is 0 Å². The molecule has 2 aromatic rings. The number of carbonyl (C=O) groups excluding carboxylic acids is 1. The van der Waals surface area contributed by atoms with E-state index in [1.54, 1.807) is 12.1 Å². The standard InChI is InChI=1S/C21H26N2O4S/c24-21(22-15-19-6-3-13-27-19)17-9-11-23(12-10-17)28(25,26)20-8-7-16-4-1-2-5-18(16)14-20/h1-2,4-5,7-8,14,17,19H,3,6,9-13,15H2,(H,22,24). The van der Waals surface area contributed by atoms with Crippen molar-refractivity contribution in [2.75, 3.05) is 26.2 Å². The predicted molar refractivity (Wildman–Crippen MR) is 107 cm³/mol. The molecule has 1 atom stereocenters. The lowest BCUT2D eigenvalue weighted by Crippen LogP contribution is -2.44. The van der Waals surface area contributed by atoms with Crippen molar-refractivity contribution in [3.63, 3.8) is 0 Å². The predicted octanol–water partition coefficient (Wildman–Crippen LogP) is 2.54. The van der Waals surface area contributed by atoms with E-state index >= 15 is 0 Å². The quantitative estimate of drug-likeness (QED) is 0.834. The molecule has 2 fully saturated rings. The molecule has 0 radical (unpaired) electrons. The number of ether oxygens (including phenoxy) is 1. The monoisotopic (exact) mass is 402 g/mol. The van der Waals surface area contributed by atoms with Crippen molar-refractivity contribution >= 4 is 26.7 Å². The minimum atomic E-state index is -3.55. The molecule has 6 nitrogen and oxygen atoms in total. The van der Waals surface area contributed by atoms with Crippen molar-refractivity contribution in [2.45, 2.75) is 36.7 Å². The molecule has 0 aromatic heterocycles. The van der Waals surface area contributed by atoms with Crippen LogP contribution in [-0.4, -0.2) is 51.0 Å². The summed E-state index contributed by atoms with van der Waals surface area (Å²) >= 11 is 0. The number of nitrogens with zero attached hydrogens (tertiary/aromatic N) is 1. The summed E-state index contributed by atoms with van der Waals surface area (Å²) in [6, 6.07) is 13.0. The summed E-state index contributed by atoms with van der Waals surface area (Å²) in [6.07, 6.45) is 3.25. The Morgan fingerprint density at radius 2 is 1.82 bits per heavy atom. The lowest BCUT2D eigenvalue weighted by Gasteiger charge is -2.30. The second-order valence-electron chi connectivity index (χ2n) is 7.57. The molecule has 1 N–H and O–H groups in total. The maximum atomic E-state index is 13.0. The molecule has 1 unspecified atom stereocenters. The molecule has 0 spiro atoms. The Balaban J connectivity index is 1.37. The normalized spacial score (nSPS) is 21.8. The molecular weight excluding hydrogens is 376 g/mol. The molecular formula is C21H26N2O4S. The van der Waals surface area contributed by atoms with Gasteiger partial charge in [0.05, 0.1) is 11.0 Å². The van der Waals surface area contributed by atoms with Crippen molar-refractivity contribution in [3.8, 4) is 0 Å². The number of nitrogens with one attached hydrogen (secondary N) is 1. The first-order chi connectivity index (χ1) is 13.5. The van der Waals surface area contributed by atoms with Crippen LogP contribution in [0.3, 0.4) is 0 Å². The number of fused-ring (bicyclic) bond motifs is 1. The third-order valence-corrected chi connectivity index (χ3v) is 7.61. The molecule has 7 heteroatoms. The van der Waals surface area contributed by atoms with Crippen LogP contribution in [0.25, 0.3) is 10.8 Å². The molecule has 4 rings (SSSR count). The Morgan fingerprint density at radius 1 is 1.07 bits per heavy atom. The Labute approximate surface area is 165 Å². The molecule has 28 heavy (non-hydrogen) atoms. The van der Waals surface area contributed by atoms with E-state index in [4.69, 9.17) is 4.74 Å². The molecule has 2 aliphatic rings. The van der Waals surface area contributed by atoms with Gasteiger partial charge in [-0.2, -0.15) is 4.31 Å². The summed E-state index contributed by atoms with van der Waals surface area (Å²) in [5, 5.41) is 4.89. The Morgan fingerprint density at radius 3 is 2.54 bits per heavy atom. The van der Waals surface area contributed by atoms with Gasteiger partial charge in [0.1, 0.15) is 0 Å². The number of amides is 1. The number of hydrogen-bond donors (Lipinski definition) is 1. The summed E-state index contributed by atoms with van der Waals surface area (Å²) in [5.41, 5.74) is 0. The van der Waals surface area contributed by atoms with Crippen molar-refractivity contribution in [1.29, 1.82) is 0 Å². The molecule has 0 aliphatic carbocycles. The molecule has 1 amide bonds. The summed E-state index contributed by atoms with van der Waals surface area (Å²) in [7, 11) is -3.55. The summed E-state index contributed by atoms with van der Waals surface area (Å²) < 4.78 is 33.1. The first-order valence-corrected chi connectivity index (χ1v) is 11.4. The fraction of sp³-hybridized carbons (Fsp3) is 0.476. The fourth-order valence-corrected chi connectivity index (χ4v) is 5.50. The molecule has 0 saturated carbocycles. The summed E-state index contributed by atoms with van der Waals surface area (Å²) in [5.74, 6) is -0.122. The first-order valence-electron chi connectivity index (χ1n) is 9.92. The second-order valence-corrected chi connectivity index (χ2v) is 9.51. The first kappa shape index (κ1) is 19.4. The van der Waals surface area contributed by atoms with Gasteiger partial charge in [-0.3, -0.25) is 4.79 Å². The van der Waals surface area contributed by atoms with Crippen molar-refractivity contribution in [2.24, 2.45) is 5.92 Å². The molecule has 2 saturated heterocycles. The highest BCUT2D eigenvalue weighted by atomic mass is 32.2. The molecule has 150 valence electrons. The number of sulfonamides is 1. The topological polar surface area (TPSA) is 75.7 Å². The smallest absolute Gasteiger partial charge is 0.243 e. The lowest BCUT2D eigenvalue weighted by atomic mass is 9.97. The Kier molecular flexibility index (Phi) is 5.66. The van der Waals surface area contributed by atoms with Gasteiger partial charge in [-0.25, -0.2) is 8.42 Å². The number of carbonyl (C=O) groups is 1. The fourth-order valence-electron chi connectivity index (χ4n) is 4.00. The zero-order valence-corrected chi connectivity index (χ0v) is 16.7. The largest absolute Gasteiger partial charge is 0.376 e. The molecule has 2 aliphatic heterocycles. The van der Waals surface area contributed by atoms with Crippen LogP contribution in [-0.2, 0) is 19.6 Å². The zero-order valence-electron chi connectivity index (χ0n) is 15.8. The van der Waals surface area contributed by atoms with Gasteiger partial charge >= 0.3 is 0 Å². The maximum absolute atomic E-state index is 13.0. The van der Waals surface area contributed by atoms with E-state index in [0.717, 1.165) is 30.2 Å². The van der Waals surface area contributed by atoms with E-state index in [2.05, 4.69) is 5.32 Å². The average molecular weight is 403 g/mol. The summed E-state index contributed by atoms with van der Waals surface area (Å²) in [4.78, 5) is 12.7. The number of benzene rings is 2. The van der Waals surface area contributed by atoms with E-state index in [9.17, 15) is 13.2 Å². The van der Waals surface area contributed by atoms with Crippen LogP contribution in [0.15, 0.2) is 47.4 Å². The highest BCUT2D eigenvalue weighted by molar-refractivity contribution is 7.89. The number of hydrogen-bond acceptors (Lipinski definition) is 4. The van der Waals surface area contributed by atoms with E-state index in [-0.39, 0.29) is 17.9 Å². The van der Waals surface area contributed by atoms with Gasteiger partial charge in [0, 0.05) is 32.2 Å². The van der Waals surface area contributed by atoms with Crippen molar-refractivity contribution in [1.82, 2.24) is 9.62 Å². The van der Waals surface area contributed by atoms with Crippen molar-refractivity contribution in [3.05, 3.63) is 42.5 Å². The molecule has 2 aromatic carbocycles. The Bertz CT molecular complexity index is 946. The van der Waals surface area contributed by atoms with Gasteiger partial charge in [0.25, 0.3) is 0 Å². The van der Waals surface area contributed by atoms with Crippen LogP contribution in [0.5, 0.6) is 0 Å². The van der Waals surface area contributed by atoms with Crippen molar-refractivity contribution < 1.29 is 17.9 Å². The minimum Gasteiger partial charge on any atom is -0.376 e. The van der Waals surface area contributed by atoms with Crippen LogP contribution in [0.4, 0.5) is 0 Å². The van der Waals surface area contributed by atoms with E-state index in [1.165, 1.54) is 4.31 Å². The van der Waals surface area contributed by atoms with E-state index in [1.807, 2.05) is 30.3 Å². The second kappa shape index (κ2) is 8.19. The third-order valence-electron chi connectivity index (χ3n) is 5.71. The van der Waals surface area contributed by atoms with Gasteiger partial charge in [-0.05, 0) is 48.6 Å². The zero-order chi connectivity index (χ0) is 19.6. The van der Waals surface area contributed by atoms with Crippen LogP contribution in [0, 0.1) is 5.92 Å². The van der Waals surface area contributed by atoms with Gasteiger partial charge in [0.2, 0.25) is 15.9 Å². The number of rotatable bonds is 5. The SMILES string of the molecule is O=C(NCC1CCCO1)C1CCN(S(=O)(=O)c2ccc3ccccc3c2)CC1. The van der Waals surface area contributed by atoms with Gasteiger partial charge < -0.3 is 10.1 Å². The van der Waals surface area contributed by atoms with E-state index < -0.39 is 10.0 Å². The van der Waals surface area contributed by atoms with Gasteiger partial charge in [0.15, 0.2) is 0 Å². The number of piperidine rings is 1. The highest BCUT2D eigenvalue weighted by Gasteiger charge is 2.32. The highest BCUT2D eigenvalue weighted by Crippen LogP contribution is 2.26. The average Bonchev–Trinajstić information content (AvgIpc) is 3.25. The van der Waals surface area contributed by atoms with Crippen LogP contribution in [0.2, 0.25) is 0 Å². The Hall–Kier alpha value is -1.96. The summed E-state index contributed by atoms with van der Waals surface area (Å²) in [6.45, 7) is 2.06. The van der Waals surface area contributed by atoms with E-state index in [0.29, 0.717) is 37.4 Å². The van der Waals surface area contributed by atoms with Crippen LogP contribution in [0.1, 0.15) is 25.7 Å². The van der Waals surface area contributed by atoms with Crippen LogP contribution < -0.4 is 5.32 Å². The maximum Gasteiger partial charge on any atom is 0.243 e. The molecule has 0 bridgehead atoms.